The van der Waals surface area contributed by atoms with Crippen LogP contribution in [0.5, 0.6) is 0 Å². The number of hydrogen-bond donors (Lipinski definition) is 2. The van der Waals surface area contributed by atoms with Gasteiger partial charge in [-0.2, -0.15) is 0 Å². The summed E-state index contributed by atoms with van der Waals surface area (Å²) in [4.78, 5) is 18.5. The van der Waals surface area contributed by atoms with Gasteiger partial charge in [0.05, 0.1) is 17.5 Å². The molecule has 2 N–H and O–H groups in total. The Balaban J connectivity index is 2.04. The summed E-state index contributed by atoms with van der Waals surface area (Å²) in [7, 11) is 0. The highest BCUT2D eigenvalue weighted by Gasteiger charge is 2.07. The molecule has 0 saturated heterocycles. The molecule has 0 saturated carbocycles. The van der Waals surface area contributed by atoms with Gasteiger partial charge in [-0.1, -0.05) is 29.8 Å². The maximum absolute atomic E-state index is 10.7. The predicted molar refractivity (Wildman–Crippen MR) is 77.6 cm³/mol. The lowest BCUT2D eigenvalue weighted by atomic mass is 10.1. The Morgan fingerprint density at radius 1 is 1.25 bits per heavy atom. The van der Waals surface area contributed by atoms with Gasteiger partial charge in [0.15, 0.2) is 0 Å². The fourth-order valence-corrected chi connectivity index (χ4v) is 2.27. The van der Waals surface area contributed by atoms with Crippen LogP contribution in [0.3, 0.4) is 0 Å². The molecule has 3 aromatic rings. The molecule has 0 unspecified atom stereocenters. The van der Waals surface area contributed by atoms with E-state index in [-0.39, 0.29) is 6.42 Å². The zero-order valence-corrected chi connectivity index (χ0v) is 11.1. The number of aryl methyl sites for hydroxylation is 1. The number of nitrogens with zero attached hydrogens (tertiary/aromatic N) is 1. The molecule has 0 aliphatic rings. The predicted octanol–water partition coefficient (Wildman–Crippen LogP) is 3.17. The van der Waals surface area contributed by atoms with Crippen molar-refractivity contribution >= 4 is 17.0 Å². The van der Waals surface area contributed by atoms with Gasteiger partial charge in [-0.3, -0.25) is 4.79 Å². The summed E-state index contributed by atoms with van der Waals surface area (Å²) in [6, 6.07) is 13.6. The molecule has 20 heavy (non-hydrogen) atoms. The van der Waals surface area contributed by atoms with Crippen LogP contribution in [0.1, 0.15) is 11.1 Å². The molecule has 0 atom stereocenters. The first-order valence-corrected chi connectivity index (χ1v) is 6.39. The molecule has 0 aliphatic carbocycles. The largest absolute Gasteiger partial charge is 0.481 e. The number of fused-ring (bicyclic) bond motifs is 1. The second-order valence-electron chi connectivity index (χ2n) is 4.88. The van der Waals surface area contributed by atoms with Crippen molar-refractivity contribution in [1.82, 2.24) is 9.97 Å². The maximum Gasteiger partial charge on any atom is 0.307 e. The van der Waals surface area contributed by atoms with Crippen molar-refractivity contribution in [2.24, 2.45) is 0 Å². The van der Waals surface area contributed by atoms with Gasteiger partial charge in [0, 0.05) is 5.56 Å². The molecule has 100 valence electrons. The third kappa shape index (κ3) is 2.40. The summed E-state index contributed by atoms with van der Waals surface area (Å²) in [6.07, 6.45) is 0.0226. The van der Waals surface area contributed by atoms with Crippen molar-refractivity contribution in [3.8, 4) is 11.4 Å². The van der Waals surface area contributed by atoms with E-state index in [2.05, 4.69) is 16.0 Å². The van der Waals surface area contributed by atoms with Crippen LogP contribution in [0.2, 0.25) is 0 Å². The molecular weight excluding hydrogens is 252 g/mol. The second kappa shape index (κ2) is 4.81. The standard InChI is InChI=1S/C16H14N2O2/c1-10-3-2-4-12(7-10)16-17-13-6-5-11(9-15(19)20)8-14(13)18-16/h2-8H,9H2,1H3,(H,17,18)(H,19,20). The molecule has 2 aromatic carbocycles. The monoisotopic (exact) mass is 266 g/mol. The van der Waals surface area contributed by atoms with Crippen LogP contribution < -0.4 is 0 Å². The van der Waals surface area contributed by atoms with Crippen molar-refractivity contribution in [3.63, 3.8) is 0 Å². The number of rotatable bonds is 3. The Kier molecular flexibility index (Phi) is 2.99. The molecule has 4 heteroatoms. The first-order chi connectivity index (χ1) is 9.61. The third-order valence-electron chi connectivity index (χ3n) is 3.19. The maximum atomic E-state index is 10.7. The fraction of sp³-hybridized carbons (Fsp3) is 0.125. The molecule has 0 fully saturated rings. The number of nitrogens with one attached hydrogen (secondary N) is 1. The lowest BCUT2D eigenvalue weighted by Crippen LogP contribution is -1.99. The minimum Gasteiger partial charge on any atom is -0.481 e. The zero-order valence-electron chi connectivity index (χ0n) is 11.1. The lowest BCUT2D eigenvalue weighted by molar-refractivity contribution is -0.136. The number of carboxylic acids is 1. The van der Waals surface area contributed by atoms with Gasteiger partial charge in [0.25, 0.3) is 0 Å². The van der Waals surface area contributed by atoms with Gasteiger partial charge in [-0.25, -0.2) is 4.98 Å². The molecule has 4 nitrogen and oxygen atoms in total. The minimum atomic E-state index is -0.831. The number of aromatic amines is 1. The molecule has 0 spiro atoms. The summed E-state index contributed by atoms with van der Waals surface area (Å²) >= 11 is 0. The quantitative estimate of drug-likeness (QED) is 0.765. The van der Waals surface area contributed by atoms with E-state index in [1.807, 2.05) is 37.3 Å². The Morgan fingerprint density at radius 3 is 2.85 bits per heavy atom. The number of aromatic nitrogens is 2. The molecule has 1 heterocycles. The Bertz CT molecular complexity index is 790. The van der Waals surface area contributed by atoms with Crippen LogP contribution in [-0.4, -0.2) is 21.0 Å². The van der Waals surface area contributed by atoms with E-state index in [0.29, 0.717) is 0 Å². The van der Waals surface area contributed by atoms with E-state index in [4.69, 9.17) is 5.11 Å². The first kappa shape index (κ1) is 12.4. The van der Waals surface area contributed by atoms with Gasteiger partial charge < -0.3 is 10.1 Å². The summed E-state index contributed by atoms with van der Waals surface area (Å²) in [5.41, 5.74) is 4.68. The van der Waals surface area contributed by atoms with E-state index < -0.39 is 5.97 Å². The molecule has 1 aromatic heterocycles. The van der Waals surface area contributed by atoms with Crippen LogP contribution >= 0.6 is 0 Å². The Labute approximate surface area is 116 Å². The molecular formula is C16H14N2O2. The molecule has 3 rings (SSSR count). The molecule has 0 radical (unpaired) electrons. The van der Waals surface area contributed by atoms with Gasteiger partial charge in [0.2, 0.25) is 0 Å². The third-order valence-corrected chi connectivity index (χ3v) is 3.19. The van der Waals surface area contributed by atoms with E-state index in [9.17, 15) is 4.79 Å². The summed E-state index contributed by atoms with van der Waals surface area (Å²) < 4.78 is 0. The highest BCUT2D eigenvalue weighted by molar-refractivity contribution is 5.81. The number of H-pyrrole nitrogens is 1. The van der Waals surface area contributed by atoms with E-state index >= 15 is 0 Å². The smallest absolute Gasteiger partial charge is 0.307 e. The SMILES string of the molecule is Cc1cccc(-c2nc3ccc(CC(=O)O)cc3[nH]2)c1. The van der Waals surface area contributed by atoms with Crippen LogP contribution in [0.15, 0.2) is 42.5 Å². The number of benzene rings is 2. The van der Waals surface area contributed by atoms with Crippen molar-refractivity contribution in [1.29, 1.82) is 0 Å². The lowest BCUT2D eigenvalue weighted by Gasteiger charge is -1.97. The number of carboxylic acid groups (broad SMARTS) is 1. The molecule has 0 amide bonds. The van der Waals surface area contributed by atoms with Gasteiger partial charge in [-0.05, 0) is 30.7 Å². The number of aliphatic carboxylic acids is 1. The van der Waals surface area contributed by atoms with Crippen molar-refractivity contribution in [2.75, 3.05) is 0 Å². The summed E-state index contributed by atoms with van der Waals surface area (Å²) in [5.74, 6) is -0.0288. The van der Waals surface area contributed by atoms with E-state index in [1.54, 1.807) is 6.07 Å². The first-order valence-electron chi connectivity index (χ1n) is 6.39. The number of carbonyl (C=O) groups is 1. The van der Waals surface area contributed by atoms with Crippen LogP contribution in [0.4, 0.5) is 0 Å². The van der Waals surface area contributed by atoms with Gasteiger partial charge in [-0.15, -0.1) is 0 Å². The van der Waals surface area contributed by atoms with Crippen molar-refractivity contribution in [2.45, 2.75) is 13.3 Å². The minimum absolute atomic E-state index is 0.0226. The number of imidazole rings is 1. The Morgan fingerprint density at radius 2 is 2.10 bits per heavy atom. The average Bonchev–Trinajstić information content (AvgIpc) is 2.81. The van der Waals surface area contributed by atoms with Crippen molar-refractivity contribution < 1.29 is 9.90 Å². The fourth-order valence-electron chi connectivity index (χ4n) is 2.27. The summed E-state index contributed by atoms with van der Waals surface area (Å²) in [5, 5.41) is 8.83. The number of hydrogen-bond acceptors (Lipinski definition) is 2. The normalized spacial score (nSPS) is 10.8. The Hall–Kier alpha value is -2.62. The van der Waals surface area contributed by atoms with Crippen LogP contribution in [0.25, 0.3) is 22.4 Å². The van der Waals surface area contributed by atoms with Crippen molar-refractivity contribution in [3.05, 3.63) is 53.6 Å². The van der Waals surface area contributed by atoms with E-state index in [0.717, 1.165) is 28.0 Å². The van der Waals surface area contributed by atoms with Gasteiger partial charge in [0.1, 0.15) is 5.82 Å². The topological polar surface area (TPSA) is 66.0 Å². The highest BCUT2D eigenvalue weighted by Crippen LogP contribution is 2.22. The highest BCUT2D eigenvalue weighted by atomic mass is 16.4. The van der Waals surface area contributed by atoms with E-state index in [1.165, 1.54) is 5.56 Å². The zero-order chi connectivity index (χ0) is 14.1. The van der Waals surface area contributed by atoms with Crippen LogP contribution in [-0.2, 0) is 11.2 Å². The second-order valence-corrected chi connectivity index (χ2v) is 4.88. The summed E-state index contributed by atoms with van der Waals surface area (Å²) in [6.45, 7) is 2.04. The average molecular weight is 266 g/mol. The van der Waals surface area contributed by atoms with Crippen LogP contribution in [0, 0.1) is 6.92 Å². The molecule has 0 aliphatic heterocycles. The van der Waals surface area contributed by atoms with Gasteiger partial charge >= 0.3 is 5.97 Å². The molecule has 0 bridgehead atoms.